The van der Waals surface area contributed by atoms with E-state index in [1.165, 1.54) is 36.5 Å². The quantitative estimate of drug-likeness (QED) is 0.165. The summed E-state index contributed by atoms with van der Waals surface area (Å²) in [7, 11) is 0. The normalized spacial score (nSPS) is 12.3. The number of para-hydroxylation sites is 3. The van der Waals surface area contributed by atoms with Crippen molar-refractivity contribution in [3.63, 3.8) is 0 Å². The van der Waals surface area contributed by atoms with Gasteiger partial charge < -0.3 is 18.1 Å². The van der Waals surface area contributed by atoms with Crippen molar-refractivity contribution in [2.24, 2.45) is 0 Å². The fourth-order valence-electron chi connectivity index (χ4n) is 9.80. The molecule has 0 spiro atoms. The van der Waals surface area contributed by atoms with Crippen LogP contribution in [0.2, 0.25) is 0 Å². The van der Waals surface area contributed by atoms with Gasteiger partial charge in [0.2, 0.25) is 0 Å². The number of nitrogens with zero attached hydrogens (tertiary/aromatic N) is 3. The van der Waals surface area contributed by atoms with Gasteiger partial charge in [0.15, 0.2) is 0 Å². The highest BCUT2D eigenvalue weighted by Crippen LogP contribution is 2.45. The molecular weight excluding hydrogens is 739 g/mol. The van der Waals surface area contributed by atoms with Crippen LogP contribution in [-0.2, 0) is 0 Å². The standard InChI is InChI=1S/C54H37N3OS/c1-5-15-44-32(4)36(6-2)43(7-3)56(44)34-22-28-49-41(30-34)42-31-35(23-29-50(42)59-49)57-46-21-14-12-19-40(46)52-48(57)27-25-38-37-24-26-47-51(53(37)58-54(38)52)39-18-11-13-20-45(39)55(47)33-16-9-8-10-17-33/h5-31H,2-3H2,1,4H3/b15-5-. The molecule has 0 saturated heterocycles. The Morgan fingerprint density at radius 2 is 1.03 bits per heavy atom. The fraction of sp³-hybridized carbons (Fsp3) is 0.0370. The van der Waals surface area contributed by atoms with Gasteiger partial charge in [-0.05, 0) is 116 Å². The van der Waals surface area contributed by atoms with Crippen LogP contribution in [0.5, 0.6) is 0 Å². The van der Waals surface area contributed by atoms with Gasteiger partial charge in [-0.3, -0.25) is 0 Å². The van der Waals surface area contributed by atoms with E-state index in [1.807, 2.05) is 23.5 Å². The highest BCUT2D eigenvalue weighted by molar-refractivity contribution is 7.25. The number of aromatic nitrogens is 3. The van der Waals surface area contributed by atoms with Crippen molar-refractivity contribution in [2.75, 3.05) is 0 Å². The third kappa shape index (κ3) is 4.59. The van der Waals surface area contributed by atoms with Crippen LogP contribution in [0.1, 0.15) is 29.4 Å². The zero-order valence-electron chi connectivity index (χ0n) is 32.7. The number of furan rings is 1. The van der Waals surface area contributed by atoms with Gasteiger partial charge in [-0.25, -0.2) is 0 Å². The maximum atomic E-state index is 7.18. The zero-order chi connectivity index (χ0) is 39.5. The first-order valence-electron chi connectivity index (χ1n) is 20.0. The van der Waals surface area contributed by atoms with Gasteiger partial charge in [-0.2, -0.15) is 0 Å². The molecule has 5 aromatic heterocycles. The lowest BCUT2D eigenvalue weighted by Gasteiger charge is -2.11. The Kier molecular flexibility index (Phi) is 7.20. The Hall–Kier alpha value is -7.34. The van der Waals surface area contributed by atoms with E-state index in [4.69, 9.17) is 4.42 Å². The fourth-order valence-corrected chi connectivity index (χ4v) is 10.9. The number of rotatable bonds is 6. The Bertz CT molecular complexity index is 3790. The molecule has 12 rings (SSSR count). The molecule has 7 aromatic carbocycles. The number of benzene rings is 7. The van der Waals surface area contributed by atoms with Gasteiger partial charge in [0.25, 0.3) is 0 Å². The molecule has 0 aliphatic rings. The Balaban J connectivity index is 1.10. The molecule has 59 heavy (non-hydrogen) atoms. The molecule has 0 amide bonds. The van der Waals surface area contributed by atoms with Gasteiger partial charge in [0.05, 0.1) is 38.5 Å². The van der Waals surface area contributed by atoms with Crippen molar-refractivity contribution in [3.8, 4) is 17.1 Å². The first kappa shape index (κ1) is 33.8. The van der Waals surface area contributed by atoms with Crippen molar-refractivity contribution in [2.45, 2.75) is 13.8 Å². The van der Waals surface area contributed by atoms with E-state index in [0.29, 0.717) is 0 Å². The van der Waals surface area contributed by atoms with Crippen LogP contribution in [0, 0.1) is 6.92 Å². The van der Waals surface area contributed by atoms with Gasteiger partial charge in [-0.15, -0.1) is 11.3 Å². The topological polar surface area (TPSA) is 27.9 Å². The molecule has 0 saturated carbocycles. The van der Waals surface area contributed by atoms with E-state index < -0.39 is 0 Å². The van der Waals surface area contributed by atoms with Crippen LogP contribution in [0.3, 0.4) is 0 Å². The van der Waals surface area contributed by atoms with Crippen LogP contribution in [0.4, 0.5) is 0 Å². The molecule has 0 bridgehead atoms. The maximum Gasteiger partial charge on any atom is 0.145 e. The summed E-state index contributed by atoms with van der Waals surface area (Å²) in [6, 6.07) is 50.8. The molecule has 0 aliphatic heterocycles. The van der Waals surface area contributed by atoms with E-state index in [2.05, 4.69) is 192 Å². The number of hydrogen-bond acceptors (Lipinski definition) is 2. The molecule has 0 radical (unpaired) electrons. The summed E-state index contributed by atoms with van der Waals surface area (Å²) in [6.45, 7) is 12.6. The lowest BCUT2D eigenvalue weighted by molar-refractivity contribution is 0.677. The van der Waals surface area contributed by atoms with Gasteiger partial charge in [-0.1, -0.05) is 79.9 Å². The SMILES string of the molecule is C=Cc1c(C)c(/C=C\C)n(-c2ccc3sc4ccc(-n5c6ccccc6c6c7oc8c(ccc9c8c8ccccc8n9-c8ccccc8)c7ccc65)cc4c3c2)c1C=C. The zero-order valence-corrected chi connectivity index (χ0v) is 33.5. The van der Waals surface area contributed by atoms with E-state index in [1.54, 1.807) is 0 Å². The summed E-state index contributed by atoms with van der Waals surface area (Å²) >= 11 is 1.84. The van der Waals surface area contributed by atoms with E-state index in [9.17, 15) is 0 Å². The van der Waals surface area contributed by atoms with E-state index in [-0.39, 0.29) is 0 Å². The maximum absolute atomic E-state index is 7.18. The Labute approximate surface area is 344 Å². The minimum Gasteiger partial charge on any atom is -0.455 e. The number of thiophene rings is 1. The molecule has 280 valence electrons. The molecular formula is C54H37N3OS. The molecule has 4 nitrogen and oxygen atoms in total. The lowest BCUT2D eigenvalue weighted by Crippen LogP contribution is -1.99. The van der Waals surface area contributed by atoms with Gasteiger partial charge in [0.1, 0.15) is 11.2 Å². The average molecular weight is 776 g/mol. The summed E-state index contributed by atoms with van der Waals surface area (Å²) in [6.07, 6.45) is 8.16. The summed E-state index contributed by atoms with van der Waals surface area (Å²) in [5.74, 6) is 0. The molecule has 12 aromatic rings. The third-order valence-corrected chi connectivity index (χ3v) is 13.5. The number of allylic oxidation sites excluding steroid dienone is 1. The Morgan fingerprint density at radius 3 is 1.59 bits per heavy atom. The summed E-state index contributed by atoms with van der Waals surface area (Å²) < 4.78 is 16.8. The highest BCUT2D eigenvalue weighted by Gasteiger charge is 2.23. The summed E-state index contributed by atoms with van der Waals surface area (Å²) in [5.41, 5.74) is 14.2. The minimum atomic E-state index is 0.916. The van der Waals surface area contributed by atoms with Crippen LogP contribution < -0.4 is 0 Å². The molecule has 5 heterocycles. The predicted molar refractivity (Wildman–Crippen MR) is 254 cm³/mol. The first-order valence-corrected chi connectivity index (χ1v) is 20.9. The van der Waals surface area contributed by atoms with Gasteiger partial charge >= 0.3 is 0 Å². The third-order valence-electron chi connectivity index (χ3n) is 12.3. The van der Waals surface area contributed by atoms with Crippen molar-refractivity contribution >= 4 is 115 Å². The van der Waals surface area contributed by atoms with Gasteiger partial charge in [0, 0.05) is 70.0 Å². The van der Waals surface area contributed by atoms with Crippen LogP contribution in [0.15, 0.2) is 163 Å². The van der Waals surface area contributed by atoms with Crippen molar-refractivity contribution in [1.29, 1.82) is 0 Å². The monoisotopic (exact) mass is 775 g/mol. The van der Waals surface area contributed by atoms with Crippen LogP contribution in [0.25, 0.3) is 121 Å². The average Bonchev–Trinajstić information content (AvgIpc) is 4.07. The van der Waals surface area contributed by atoms with Crippen molar-refractivity contribution in [3.05, 3.63) is 181 Å². The highest BCUT2D eigenvalue weighted by atomic mass is 32.1. The van der Waals surface area contributed by atoms with E-state index in [0.717, 1.165) is 88.8 Å². The van der Waals surface area contributed by atoms with Crippen LogP contribution >= 0.6 is 11.3 Å². The largest absolute Gasteiger partial charge is 0.455 e. The predicted octanol–water partition coefficient (Wildman–Crippen LogP) is 15.6. The second-order valence-corrected chi connectivity index (χ2v) is 16.4. The molecule has 0 atom stereocenters. The second-order valence-electron chi connectivity index (χ2n) is 15.3. The van der Waals surface area contributed by atoms with Crippen molar-refractivity contribution < 1.29 is 4.42 Å². The smallest absolute Gasteiger partial charge is 0.145 e. The van der Waals surface area contributed by atoms with E-state index >= 15 is 0 Å². The molecule has 0 fully saturated rings. The molecule has 0 aliphatic carbocycles. The molecule has 0 unspecified atom stereocenters. The second kappa shape index (κ2) is 12.6. The summed E-state index contributed by atoms with van der Waals surface area (Å²) in [5, 5.41) is 9.33. The lowest BCUT2D eigenvalue weighted by atomic mass is 10.1. The minimum absolute atomic E-state index is 0.916. The first-order chi connectivity index (χ1) is 29.1. The molecule has 5 heteroatoms. The summed E-state index contributed by atoms with van der Waals surface area (Å²) in [4.78, 5) is 0. The number of hydrogen-bond donors (Lipinski definition) is 0. The van der Waals surface area contributed by atoms with Crippen molar-refractivity contribution in [1.82, 2.24) is 13.7 Å². The number of fused-ring (bicyclic) bond motifs is 14. The molecule has 0 N–H and O–H groups in total. The van der Waals surface area contributed by atoms with Crippen LogP contribution in [-0.4, -0.2) is 13.7 Å². The Morgan fingerprint density at radius 1 is 0.492 bits per heavy atom.